The van der Waals surface area contributed by atoms with Gasteiger partial charge in [-0.1, -0.05) is 19.3 Å². The van der Waals surface area contributed by atoms with Gasteiger partial charge in [-0.15, -0.1) is 24.8 Å². The van der Waals surface area contributed by atoms with Gasteiger partial charge in [0.05, 0.1) is 0 Å². The van der Waals surface area contributed by atoms with E-state index in [0.29, 0.717) is 0 Å². The molecule has 0 unspecified atom stereocenters. The third-order valence-corrected chi connectivity index (χ3v) is 2.39. The van der Waals surface area contributed by atoms with Crippen LogP contribution in [-0.2, 0) is 0 Å². The van der Waals surface area contributed by atoms with Crippen molar-refractivity contribution < 1.29 is 0 Å². The highest BCUT2D eigenvalue weighted by Crippen LogP contribution is 2.09. The van der Waals surface area contributed by atoms with Gasteiger partial charge in [0, 0.05) is 13.1 Å². The summed E-state index contributed by atoms with van der Waals surface area (Å²) in [4.78, 5) is 2.50. The van der Waals surface area contributed by atoms with Gasteiger partial charge in [-0.3, -0.25) is 0 Å². The minimum atomic E-state index is 0. The van der Waals surface area contributed by atoms with E-state index in [-0.39, 0.29) is 24.8 Å². The fraction of sp³-hybridized carbons (Fsp3) is 1.00. The predicted molar refractivity (Wildman–Crippen MR) is 63.1 cm³/mol. The fourth-order valence-electron chi connectivity index (χ4n) is 1.72. The first-order valence-electron chi connectivity index (χ1n) is 4.86. The molecule has 0 radical (unpaired) electrons. The maximum Gasteiger partial charge on any atom is 0.0105 e. The molecule has 0 amide bonds. The molecule has 1 fully saturated rings. The average Bonchev–Trinajstić information content (AvgIpc) is 1.94. The molecule has 1 aliphatic heterocycles. The zero-order valence-corrected chi connectivity index (χ0v) is 9.84. The molecule has 1 saturated heterocycles. The number of hydrogen-bond acceptors (Lipinski definition) is 2. The van der Waals surface area contributed by atoms with E-state index in [0.717, 1.165) is 13.1 Å². The Balaban J connectivity index is 0. The van der Waals surface area contributed by atoms with Gasteiger partial charge in [0.2, 0.25) is 0 Å². The van der Waals surface area contributed by atoms with Gasteiger partial charge in [0.15, 0.2) is 0 Å². The fourth-order valence-corrected chi connectivity index (χ4v) is 1.72. The quantitative estimate of drug-likeness (QED) is 0.785. The highest BCUT2D eigenvalue weighted by molar-refractivity contribution is 5.85. The molecule has 0 aromatic carbocycles. The van der Waals surface area contributed by atoms with Crippen molar-refractivity contribution >= 4 is 24.8 Å². The van der Waals surface area contributed by atoms with Crippen molar-refractivity contribution in [3.63, 3.8) is 0 Å². The Morgan fingerprint density at radius 2 is 1.31 bits per heavy atom. The smallest absolute Gasteiger partial charge is 0.0105 e. The van der Waals surface area contributed by atoms with E-state index in [2.05, 4.69) is 4.90 Å². The predicted octanol–water partition coefficient (Wildman–Crippen LogP) is 2.05. The third-order valence-electron chi connectivity index (χ3n) is 2.39. The number of rotatable bonds is 2. The van der Waals surface area contributed by atoms with Gasteiger partial charge in [0.1, 0.15) is 0 Å². The van der Waals surface area contributed by atoms with Crippen molar-refractivity contribution in [1.29, 1.82) is 0 Å². The molecule has 4 heteroatoms. The zero-order valence-electron chi connectivity index (χ0n) is 8.21. The van der Waals surface area contributed by atoms with Crippen LogP contribution in [0.15, 0.2) is 0 Å². The normalized spacial score (nSPS) is 19.2. The van der Waals surface area contributed by atoms with Gasteiger partial charge in [-0.2, -0.15) is 0 Å². The lowest BCUT2D eigenvalue weighted by Crippen LogP contribution is -2.32. The maximum absolute atomic E-state index is 5.51. The topological polar surface area (TPSA) is 29.3 Å². The first-order chi connectivity index (χ1) is 5.43. The summed E-state index contributed by atoms with van der Waals surface area (Å²) in [5, 5.41) is 0. The van der Waals surface area contributed by atoms with Gasteiger partial charge in [-0.25, -0.2) is 0 Å². The van der Waals surface area contributed by atoms with Crippen LogP contribution < -0.4 is 5.73 Å². The van der Waals surface area contributed by atoms with Crippen LogP contribution in [0.4, 0.5) is 0 Å². The molecule has 13 heavy (non-hydrogen) atoms. The van der Waals surface area contributed by atoms with E-state index in [4.69, 9.17) is 5.73 Å². The van der Waals surface area contributed by atoms with E-state index in [1.807, 2.05) is 0 Å². The van der Waals surface area contributed by atoms with E-state index >= 15 is 0 Å². The number of halogens is 2. The van der Waals surface area contributed by atoms with Crippen molar-refractivity contribution in [3.8, 4) is 0 Å². The van der Waals surface area contributed by atoms with E-state index < -0.39 is 0 Å². The minimum absolute atomic E-state index is 0. The molecule has 1 heterocycles. The second kappa shape index (κ2) is 10.6. The second-order valence-corrected chi connectivity index (χ2v) is 3.40. The highest BCUT2D eigenvalue weighted by Gasteiger charge is 2.05. The van der Waals surface area contributed by atoms with Crippen molar-refractivity contribution in [1.82, 2.24) is 4.90 Å². The Morgan fingerprint density at radius 3 is 1.77 bits per heavy atom. The lowest BCUT2D eigenvalue weighted by atomic mass is 10.1. The SMILES string of the molecule is Cl.Cl.NCCN1CCCCCCC1. The second-order valence-electron chi connectivity index (χ2n) is 3.40. The summed E-state index contributed by atoms with van der Waals surface area (Å²) in [5.74, 6) is 0. The van der Waals surface area contributed by atoms with Crippen molar-refractivity contribution in [2.24, 2.45) is 5.73 Å². The van der Waals surface area contributed by atoms with Crippen molar-refractivity contribution in [2.75, 3.05) is 26.2 Å². The van der Waals surface area contributed by atoms with Crippen LogP contribution in [0, 0.1) is 0 Å². The van der Waals surface area contributed by atoms with Gasteiger partial charge < -0.3 is 10.6 Å². The number of likely N-dealkylation sites (tertiary alicyclic amines) is 1. The number of hydrogen-bond donors (Lipinski definition) is 1. The Hall–Kier alpha value is 0.500. The Morgan fingerprint density at radius 1 is 0.846 bits per heavy atom. The Kier molecular flexibility index (Phi) is 13.0. The molecule has 0 aliphatic carbocycles. The summed E-state index contributed by atoms with van der Waals surface area (Å²) in [6, 6.07) is 0. The van der Waals surface area contributed by atoms with Crippen LogP contribution in [0.2, 0.25) is 0 Å². The van der Waals surface area contributed by atoms with E-state index in [1.54, 1.807) is 0 Å². The monoisotopic (exact) mass is 228 g/mol. The minimum Gasteiger partial charge on any atom is -0.329 e. The van der Waals surface area contributed by atoms with Gasteiger partial charge >= 0.3 is 0 Å². The van der Waals surface area contributed by atoms with Crippen LogP contribution in [0.1, 0.15) is 32.1 Å². The molecule has 1 aliphatic rings. The zero-order chi connectivity index (χ0) is 7.94. The molecule has 1 rings (SSSR count). The molecule has 0 aromatic heterocycles. The Bertz CT molecular complexity index is 93.6. The molecule has 0 atom stereocenters. The number of nitrogens with zero attached hydrogens (tertiary/aromatic N) is 1. The lowest BCUT2D eigenvalue weighted by Gasteiger charge is -2.23. The summed E-state index contributed by atoms with van der Waals surface area (Å²) in [6.07, 6.45) is 7.03. The first-order valence-corrected chi connectivity index (χ1v) is 4.86. The van der Waals surface area contributed by atoms with Crippen LogP contribution >= 0.6 is 24.8 Å². The summed E-state index contributed by atoms with van der Waals surface area (Å²) in [7, 11) is 0. The molecule has 2 nitrogen and oxygen atoms in total. The lowest BCUT2D eigenvalue weighted by molar-refractivity contribution is 0.254. The van der Waals surface area contributed by atoms with Crippen LogP contribution in [0.5, 0.6) is 0 Å². The molecular formula is C9H22Cl2N2. The highest BCUT2D eigenvalue weighted by atomic mass is 35.5. The first kappa shape index (κ1) is 15.9. The number of nitrogens with two attached hydrogens (primary N) is 1. The summed E-state index contributed by atoms with van der Waals surface area (Å²) in [5.41, 5.74) is 5.51. The van der Waals surface area contributed by atoms with Gasteiger partial charge in [-0.05, 0) is 25.9 Å². The summed E-state index contributed by atoms with van der Waals surface area (Å²) < 4.78 is 0. The summed E-state index contributed by atoms with van der Waals surface area (Å²) in [6.45, 7) is 4.47. The molecular weight excluding hydrogens is 207 g/mol. The molecule has 82 valence electrons. The standard InChI is InChI=1S/C9H20N2.2ClH/c10-6-9-11-7-4-2-1-3-5-8-11;;/h1-10H2;2*1H. The van der Waals surface area contributed by atoms with Crippen LogP contribution in [0.3, 0.4) is 0 Å². The van der Waals surface area contributed by atoms with Crippen molar-refractivity contribution in [3.05, 3.63) is 0 Å². The molecule has 0 spiro atoms. The molecule has 2 N–H and O–H groups in total. The van der Waals surface area contributed by atoms with E-state index in [1.165, 1.54) is 45.2 Å². The van der Waals surface area contributed by atoms with Crippen LogP contribution in [-0.4, -0.2) is 31.1 Å². The van der Waals surface area contributed by atoms with Crippen molar-refractivity contribution in [2.45, 2.75) is 32.1 Å². The van der Waals surface area contributed by atoms with E-state index in [9.17, 15) is 0 Å². The van der Waals surface area contributed by atoms with Crippen LogP contribution in [0.25, 0.3) is 0 Å². The summed E-state index contributed by atoms with van der Waals surface area (Å²) >= 11 is 0. The Labute approximate surface area is 94.1 Å². The maximum atomic E-state index is 5.51. The van der Waals surface area contributed by atoms with Gasteiger partial charge in [0.25, 0.3) is 0 Å². The largest absolute Gasteiger partial charge is 0.329 e. The molecule has 0 saturated carbocycles. The molecule has 0 aromatic rings. The average molecular weight is 229 g/mol. The third kappa shape index (κ3) is 7.56. The molecule has 0 bridgehead atoms.